The number of halogens is 1. The fraction of sp³-hybridized carbons (Fsp3) is 0.692. The first-order valence-electron chi connectivity index (χ1n) is 6.66. The smallest absolute Gasteiger partial charge is 0.233 e. The Kier molecular flexibility index (Phi) is 2.49. The number of rotatable bonds is 2. The van der Waals surface area contributed by atoms with Crippen molar-refractivity contribution in [3.8, 4) is 5.88 Å². The van der Waals surface area contributed by atoms with Crippen LogP contribution in [-0.4, -0.2) is 40.8 Å². The number of piperidine rings is 3. The van der Waals surface area contributed by atoms with Crippen LogP contribution >= 0.6 is 11.6 Å². The Labute approximate surface area is 111 Å². The van der Waals surface area contributed by atoms with Gasteiger partial charge in [0.15, 0.2) is 5.15 Å². The zero-order chi connectivity index (χ0) is 12.1. The molecule has 0 unspecified atom stereocenters. The molecule has 2 atom stereocenters. The van der Waals surface area contributed by atoms with Gasteiger partial charge in [0.1, 0.15) is 6.10 Å². The topological polar surface area (TPSA) is 38.2 Å². The van der Waals surface area contributed by atoms with E-state index in [0.29, 0.717) is 29.0 Å². The Bertz CT molecular complexity index is 422. The van der Waals surface area contributed by atoms with E-state index in [1.54, 1.807) is 6.07 Å². The second-order valence-electron chi connectivity index (χ2n) is 5.85. The highest BCUT2D eigenvalue weighted by atomic mass is 35.5. The van der Waals surface area contributed by atoms with E-state index in [1.165, 1.54) is 32.5 Å². The van der Waals surface area contributed by atoms with Gasteiger partial charge < -0.3 is 9.64 Å². The van der Waals surface area contributed by atoms with Gasteiger partial charge >= 0.3 is 0 Å². The van der Waals surface area contributed by atoms with Crippen molar-refractivity contribution in [1.82, 2.24) is 15.1 Å². The van der Waals surface area contributed by atoms with E-state index in [4.69, 9.17) is 16.3 Å². The van der Waals surface area contributed by atoms with Gasteiger partial charge in [0.25, 0.3) is 0 Å². The normalized spacial score (nSPS) is 41.1. The van der Waals surface area contributed by atoms with E-state index in [1.807, 2.05) is 6.07 Å². The van der Waals surface area contributed by atoms with Crippen LogP contribution in [0, 0.1) is 17.8 Å². The molecule has 0 amide bonds. The predicted octanol–water partition coefficient (Wildman–Crippen LogP) is 1.85. The molecule has 4 aliphatic rings. The quantitative estimate of drug-likeness (QED) is 0.818. The van der Waals surface area contributed by atoms with Crippen LogP contribution in [0.2, 0.25) is 5.15 Å². The molecular formula is C13H16ClN3O. The van der Waals surface area contributed by atoms with Crippen LogP contribution in [0.15, 0.2) is 12.1 Å². The second kappa shape index (κ2) is 4.07. The lowest BCUT2D eigenvalue weighted by Crippen LogP contribution is -2.61. The van der Waals surface area contributed by atoms with Crippen molar-refractivity contribution in [2.24, 2.45) is 17.8 Å². The molecule has 4 fully saturated rings. The van der Waals surface area contributed by atoms with E-state index in [0.717, 1.165) is 5.92 Å². The van der Waals surface area contributed by atoms with Crippen molar-refractivity contribution in [2.45, 2.75) is 18.9 Å². The lowest BCUT2D eigenvalue weighted by molar-refractivity contribution is -0.0999. The summed E-state index contributed by atoms with van der Waals surface area (Å²) in [7, 11) is 0. The number of nitrogens with zero attached hydrogens (tertiary/aromatic N) is 3. The number of aromatic nitrogens is 2. The average molecular weight is 266 g/mol. The van der Waals surface area contributed by atoms with Crippen molar-refractivity contribution in [3.05, 3.63) is 17.3 Å². The highest BCUT2D eigenvalue weighted by Gasteiger charge is 2.48. The first kappa shape index (κ1) is 11.0. The van der Waals surface area contributed by atoms with Gasteiger partial charge in [-0.25, -0.2) is 0 Å². The maximum atomic E-state index is 6.09. The molecule has 1 aliphatic carbocycles. The standard InChI is InChI=1S/C13H16ClN3O/c14-11-1-2-12(16-15-11)18-13-9-3-8-4-10(13)7-17(5-8)6-9/h1-2,8-10,13H,3-7H2/t8?,9-,10-,13?/m0/s1. The zero-order valence-electron chi connectivity index (χ0n) is 10.1. The molecule has 5 rings (SSSR count). The van der Waals surface area contributed by atoms with Crippen LogP contribution in [0.1, 0.15) is 12.8 Å². The van der Waals surface area contributed by atoms with Gasteiger partial charge in [-0.05, 0) is 24.8 Å². The summed E-state index contributed by atoms with van der Waals surface area (Å²) in [6.07, 6.45) is 2.96. The van der Waals surface area contributed by atoms with Crippen molar-refractivity contribution < 1.29 is 4.74 Å². The van der Waals surface area contributed by atoms with Crippen LogP contribution in [-0.2, 0) is 0 Å². The van der Waals surface area contributed by atoms with Crippen molar-refractivity contribution in [1.29, 1.82) is 0 Å². The van der Waals surface area contributed by atoms with Crippen LogP contribution < -0.4 is 4.74 Å². The van der Waals surface area contributed by atoms with Gasteiger partial charge in [-0.2, -0.15) is 0 Å². The molecule has 5 heteroatoms. The van der Waals surface area contributed by atoms with Gasteiger partial charge in [-0.3, -0.25) is 0 Å². The number of hydrogen-bond acceptors (Lipinski definition) is 4. The fourth-order valence-corrected chi connectivity index (χ4v) is 4.16. The molecule has 4 nitrogen and oxygen atoms in total. The Balaban J connectivity index is 1.53. The third-order valence-corrected chi connectivity index (χ3v) is 4.77. The molecule has 4 bridgehead atoms. The molecule has 18 heavy (non-hydrogen) atoms. The summed E-state index contributed by atoms with van der Waals surface area (Å²) in [5.74, 6) is 2.87. The summed E-state index contributed by atoms with van der Waals surface area (Å²) in [5.41, 5.74) is 0. The third-order valence-electron chi connectivity index (χ3n) is 4.57. The summed E-state index contributed by atoms with van der Waals surface area (Å²) in [4.78, 5) is 2.60. The van der Waals surface area contributed by atoms with E-state index >= 15 is 0 Å². The molecule has 96 valence electrons. The minimum absolute atomic E-state index is 0.327. The molecule has 0 N–H and O–H groups in total. The van der Waals surface area contributed by atoms with Crippen LogP contribution in [0.3, 0.4) is 0 Å². The van der Waals surface area contributed by atoms with Crippen molar-refractivity contribution in [3.63, 3.8) is 0 Å². The first-order valence-corrected chi connectivity index (χ1v) is 7.04. The maximum Gasteiger partial charge on any atom is 0.233 e. The third kappa shape index (κ3) is 1.79. The highest BCUT2D eigenvalue weighted by molar-refractivity contribution is 6.29. The molecule has 4 heterocycles. The van der Waals surface area contributed by atoms with Crippen LogP contribution in [0.25, 0.3) is 0 Å². The highest BCUT2D eigenvalue weighted by Crippen LogP contribution is 2.44. The van der Waals surface area contributed by atoms with Crippen LogP contribution in [0.5, 0.6) is 5.88 Å². The SMILES string of the molecule is Clc1ccc(OC2[C@H]3CC4C[C@H]2CN(C4)C3)nn1. The average Bonchev–Trinajstić information content (AvgIpc) is 2.35. The Hall–Kier alpha value is -0.870. The molecule has 0 aromatic carbocycles. The molecule has 1 aromatic rings. The summed E-state index contributed by atoms with van der Waals surface area (Å²) in [6.45, 7) is 3.69. The summed E-state index contributed by atoms with van der Waals surface area (Å²) in [6, 6.07) is 3.56. The monoisotopic (exact) mass is 265 g/mol. The van der Waals surface area contributed by atoms with E-state index < -0.39 is 0 Å². The summed E-state index contributed by atoms with van der Waals surface area (Å²) in [5, 5.41) is 8.27. The van der Waals surface area contributed by atoms with E-state index in [9.17, 15) is 0 Å². The Morgan fingerprint density at radius 1 is 1.11 bits per heavy atom. The van der Waals surface area contributed by atoms with Gasteiger partial charge in [0, 0.05) is 37.5 Å². The van der Waals surface area contributed by atoms with Crippen molar-refractivity contribution in [2.75, 3.05) is 19.6 Å². The molecule has 1 saturated carbocycles. The Morgan fingerprint density at radius 2 is 1.89 bits per heavy atom. The molecular weight excluding hydrogens is 250 g/mol. The van der Waals surface area contributed by atoms with Gasteiger partial charge in [0.2, 0.25) is 5.88 Å². The van der Waals surface area contributed by atoms with Crippen molar-refractivity contribution >= 4 is 11.6 Å². The summed E-state index contributed by atoms with van der Waals surface area (Å²) < 4.78 is 6.09. The molecule has 0 spiro atoms. The Morgan fingerprint density at radius 3 is 2.50 bits per heavy atom. The van der Waals surface area contributed by atoms with Gasteiger partial charge in [-0.15, -0.1) is 10.2 Å². The first-order chi connectivity index (χ1) is 8.78. The number of hydrogen-bond donors (Lipinski definition) is 0. The molecule has 0 radical (unpaired) electrons. The summed E-state index contributed by atoms with van der Waals surface area (Å²) >= 11 is 5.74. The van der Waals surface area contributed by atoms with Gasteiger partial charge in [-0.1, -0.05) is 11.6 Å². The minimum atomic E-state index is 0.327. The molecule has 1 aromatic heterocycles. The zero-order valence-corrected chi connectivity index (χ0v) is 10.9. The lowest BCUT2D eigenvalue weighted by atomic mass is 9.66. The van der Waals surface area contributed by atoms with Crippen LogP contribution in [0.4, 0.5) is 0 Å². The van der Waals surface area contributed by atoms with E-state index in [-0.39, 0.29) is 0 Å². The fourth-order valence-electron chi connectivity index (χ4n) is 4.06. The molecule has 3 aliphatic heterocycles. The minimum Gasteiger partial charge on any atom is -0.473 e. The number of ether oxygens (including phenoxy) is 1. The van der Waals surface area contributed by atoms with Gasteiger partial charge in [0.05, 0.1) is 0 Å². The lowest BCUT2D eigenvalue weighted by Gasteiger charge is -2.55. The predicted molar refractivity (Wildman–Crippen MR) is 67.6 cm³/mol. The molecule has 3 saturated heterocycles. The maximum absolute atomic E-state index is 6.09. The second-order valence-corrected chi connectivity index (χ2v) is 6.24. The largest absolute Gasteiger partial charge is 0.473 e. The van der Waals surface area contributed by atoms with E-state index in [2.05, 4.69) is 15.1 Å².